The highest BCUT2D eigenvalue weighted by Crippen LogP contribution is 2.26. The molecule has 6 nitrogen and oxygen atoms in total. The average Bonchev–Trinajstić information content (AvgIpc) is 2.86. The molecule has 2 rings (SSSR count). The molecule has 0 aliphatic rings. The molecule has 26 heavy (non-hydrogen) atoms. The van der Waals surface area contributed by atoms with Crippen molar-refractivity contribution in [3.8, 4) is 5.75 Å². The SMILES string of the molecule is COc1ccc(C)cc1NC(=O)CCc1[nH]c(C)c(C(=O)N(C)C)c1C. The van der Waals surface area contributed by atoms with Gasteiger partial charge < -0.3 is 19.9 Å². The molecule has 0 atom stereocenters. The summed E-state index contributed by atoms with van der Waals surface area (Å²) in [6, 6.07) is 5.65. The zero-order chi connectivity index (χ0) is 19.4. The van der Waals surface area contributed by atoms with Crippen molar-refractivity contribution in [3.63, 3.8) is 0 Å². The molecule has 1 aromatic carbocycles. The lowest BCUT2D eigenvalue weighted by Gasteiger charge is -2.11. The van der Waals surface area contributed by atoms with E-state index in [1.54, 1.807) is 26.1 Å². The zero-order valence-electron chi connectivity index (χ0n) is 16.3. The molecule has 0 radical (unpaired) electrons. The van der Waals surface area contributed by atoms with Gasteiger partial charge in [-0.05, 0) is 50.5 Å². The van der Waals surface area contributed by atoms with Gasteiger partial charge >= 0.3 is 0 Å². The van der Waals surface area contributed by atoms with Gasteiger partial charge in [0.25, 0.3) is 5.91 Å². The maximum Gasteiger partial charge on any atom is 0.255 e. The first-order valence-electron chi connectivity index (χ1n) is 8.58. The number of ether oxygens (including phenoxy) is 1. The molecule has 1 heterocycles. The van der Waals surface area contributed by atoms with E-state index in [0.29, 0.717) is 29.8 Å². The summed E-state index contributed by atoms with van der Waals surface area (Å²) in [6.07, 6.45) is 0.848. The summed E-state index contributed by atoms with van der Waals surface area (Å²) in [6.45, 7) is 5.76. The maximum absolute atomic E-state index is 12.4. The number of methoxy groups -OCH3 is 1. The van der Waals surface area contributed by atoms with Gasteiger partial charge in [0.05, 0.1) is 18.4 Å². The summed E-state index contributed by atoms with van der Waals surface area (Å²) in [7, 11) is 5.04. The number of H-pyrrole nitrogens is 1. The smallest absolute Gasteiger partial charge is 0.255 e. The first kappa shape index (κ1) is 19.6. The lowest BCUT2D eigenvalue weighted by atomic mass is 10.1. The molecule has 0 saturated carbocycles. The van der Waals surface area contributed by atoms with Crippen LogP contribution in [0.1, 0.15) is 39.3 Å². The second-order valence-electron chi connectivity index (χ2n) is 6.68. The number of anilines is 1. The molecule has 2 aromatic rings. The second kappa shape index (κ2) is 8.08. The highest BCUT2D eigenvalue weighted by atomic mass is 16.5. The minimum atomic E-state index is -0.0963. The Hall–Kier alpha value is -2.76. The number of amides is 2. The number of carbonyl (C=O) groups is 2. The van der Waals surface area contributed by atoms with Crippen LogP contribution in [0.25, 0.3) is 0 Å². The number of carbonyl (C=O) groups excluding carboxylic acids is 2. The van der Waals surface area contributed by atoms with Gasteiger partial charge in [0.1, 0.15) is 5.75 Å². The highest BCUT2D eigenvalue weighted by molar-refractivity contribution is 5.97. The molecule has 0 saturated heterocycles. The van der Waals surface area contributed by atoms with Crippen LogP contribution in [0.2, 0.25) is 0 Å². The summed E-state index contributed by atoms with van der Waals surface area (Å²) in [4.78, 5) is 29.5. The molecular formula is C20H27N3O3. The molecule has 140 valence electrons. The normalized spacial score (nSPS) is 10.5. The third-order valence-electron chi connectivity index (χ3n) is 4.39. The number of hydrogen-bond donors (Lipinski definition) is 2. The van der Waals surface area contributed by atoms with Crippen LogP contribution in [0.4, 0.5) is 5.69 Å². The lowest BCUT2D eigenvalue weighted by molar-refractivity contribution is -0.116. The lowest BCUT2D eigenvalue weighted by Crippen LogP contribution is -2.22. The summed E-state index contributed by atoms with van der Waals surface area (Å²) >= 11 is 0. The van der Waals surface area contributed by atoms with Gasteiger partial charge in [0.2, 0.25) is 5.91 Å². The van der Waals surface area contributed by atoms with Crippen molar-refractivity contribution in [2.24, 2.45) is 0 Å². The van der Waals surface area contributed by atoms with Crippen molar-refractivity contribution in [2.45, 2.75) is 33.6 Å². The Morgan fingerprint density at radius 3 is 2.50 bits per heavy atom. The topological polar surface area (TPSA) is 74.4 Å². The Morgan fingerprint density at radius 1 is 1.19 bits per heavy atom. The van der Waals surface area contributed by atoms with Gasteiger partial charge in [-0.1, -0.05) is 6.07 Å². The van der Waals surface area contributed by atoms with E-state index in [2.05, 4.69) is 10.3 Å². The van der Waals surface area contributed by atoms with E-state index in [1.165, 1.54) is 0 Å². The largest absolute Gasteiger partial charge is 0.495 e. The van der Waals surface area contributed by atoms with Gasteiger partial charge in [-0.25, -0.2) is 0 Å². The van der Waals surface area contributed by atoms with Crippen LogP contribution in [0.5, 0.6) is 5.75 Å². The van der Waals surface area contributed by atoms with Crippen molar-refractivity contribution in [1.29, 1.82) is 0 Å². The fraction of sp³-hybridized carbons (Fsp3) is 0.400. The number of hydrogen-bond acceptors (Lipinski definition) is 3. The van der Waals surface area contributed by atoms with E-state index in [-0.39, 0.29) is 11.8 Å². The van der Waals surface area contributed by atoms with E-state index in [0.717, 1.165) is 22.5 Å². The van der Waals surface area contributed by atoms with Gasteiger partial charge in [0, 0.05) is 31.9 Å². The predicted octanol–water partition coefficient (Wildman–Crippen LogP) is 3.22. The molecule has 0 fully saturated rings. The number of aromatic nitrogens is 1. The molecule has 0 unspecified atom stereocenters. The third-order valence-corrected chi connectivity index (χ3v) is 4.39. The van der Waals surface area contributed by atoms with Gasteiger partial charge in [-0.3, -0.25) is 9.59 Å². The van der Waals surface area contributed by atoms with E-state index in [9.17, 15) is 9.59 Å². The Labute approximate surface area is 154 Å². The fourth-order valence-electron chi connectivity index (χ4n) is 2.98. The van der Waals surface area contributed by atoms with Crippen LogP contribution in [0, 0.1) is 20.8 Å². The third kappa shape index (κ3) is 4.25. The minimum absolute atomic E-state index is 0.0311. The standard InChI is InChI=1S/C20H27N3O3/c1-12-7-9-17(26-6)16(11-12)22-18(24)10-8-15-13(2)19(14(3)21-15)20(25)23(4)5/h7,9,11,21H,8,10H2,1-6H3,(H,22,24). The van der Waals surface area contributed by atoms with Crippen molar-refractivity contribution in [3.05, 3.63) is 46.3 Å². The monoisotopic (exact) mass is 357 g/mol. The fourth-order valence-corrected chi connectivity index (χ4v) is 2.98. The van der Waals surface area contributed by atoms with E-state index in [1.807, 2.05) is 39.0 Å². The highest BCUT2D eigenvalue weighted by Gasteiger charge is 2.20. The van der Waals surface area contributed by atoms with Crippen LogP contribution >= 0.6 is 0 Å². The number of benzene rings is 1. The van der Waals surface area contributed by atoms with Gasteiger partial charge in [-0.2, -0.15) is 0 Å². The van der Waals surface area contributed by atoms with E-state index >= 15 is 0 Å². The zero-order valence-corrected chi connectivity index (χ0v) is 16.3. The molecule has 0 bridgehead atoms. The summed E-state index contributed by atoms with van der Waals surface area (Å²) < 4.78 is 5.29. The maximum atomic E-state index is 12.4. The molecule has 0 aliphatic carbocycles. The Kier molecular flexibility index (Phi) is 6.08. The molecule has 2 N–H and O–H groups in total. The number of aryl methyl sites for hydroxylation is 3. The van der Waals surface area contributed by atoms with Crippen molar-refractivity contribution >= 4 is 17.5 Å². The van der Waals surface area contributed by atoms with Crippen LogP contribution < -0.4 is 10.1 Å². The number of aromatic amines is 1. The molecule has 2 amide bonds. The minimum Gasteiger partial charge on any atom is -0.495 e. The summed E-state index contributed by atoms with van der Waals surface area (Å²) in [5.41, 5.74) is 5.05. The second-order valence-corrected chi connectivity index (χ2v) is 6.68. The van der Waals surface area contributed by atoms with Crippen LogP contribution in [0.15, 0.2) is 18.2 Å². The predicted molar refractivity (Wildman–Crippen MR) is 103 cm³/mol. The quantitative estimate of drug-likeness (QED) is 0.833. The molecule has 0 aliphatic heterocycles. The van der Waals surface area contributed by atoms with E-state index < -0.39 is 0 Å². The molecular weight excluding hydrogens is 330 g/mol. The van der Waals surface area contributed by atoms with Crippen molar-refractivity contribution in [1.82, 2.24) is 9.88 Å². The van der Waals surface area contributed by atoms with E-state index in [4.69, 9.17) is 4.74 Å². The molecule has 6 heteroatoms. The van der Waals surface area contributed by atoms with Gasteiger partial charge in [-0.15, -0.1) is 0 Å². The first-order valence-corrected chi connectivity index (χ1v) is 8.58. The number of nitrogens with one attached hydrogen (secondary N) is 2. The first-order chi connectivity index (χ1) is 12.2. The Bertz CT molecular complexity index is 822. The van der Waals surface area contributed by atoms with Crippen molar-refractivity contribution in [2.75, 3.05) is 26.5 Å². The van der Waals surface area contributed by atoms with Crippen molar-refractivity contribution < 1.29 is 14.3 Å². The number of nitrogens with zero attached hydrogens (tertiary/aromatic N) is 1. The average molecular weight is 357 g/mol. The Morgan fingerprint density at radius 2 is 1.88 bits per heavy atom. The van der Waals surface area contributed by atoms with Crippen LogP contribution in [-0.2, 0) is 11.2 Å². The number of rotatable bonds is 6. The summed E-state index contributed by atoms with van der Waals surface area (Å²) in [5.74, 6) is 0.507. The summed E-state index contributed by atoms with van der Waals surface area (Å²) in [5, 5.41) is 2.90. The van der Waals surface area contributed by atoms with Gasteiger partial charge in [0.15, 0.2) is 0 Å². The Balaban J connectivity index is 2.08. The van der Waals surface area contributed by atoms with Crippen LogP contribution in [-0.4, -0.2) is 42.9 Å². The molecule has 1 aromatic heterocycles. The molecule has 0 spiro atoms. The van der Waals surface area contributed by atoms with Crippen LogP contribution in [0.3, 0.4) is 0 Å².